The summed E-state index contributed by atoms with van der Waals surface area (Å²) >= 11 is 0. The average molecular weight is 811 g/mol. The molecule has 57 heavy (non-hydrogen) atoms. The summed E-state index contributed by atoms with van der Waals surface area (Å²) in [5.41, 5.74) is -7.10. The number of halogens is 12. The molecule has 1 aliphatic rings. The molecule has 7 rings (SSSR count). The van der Waals surface area contributed by atoms with Gasteiger partial charge in [-0.1, -0.05) is 121 Å². The summed E-state index contributed by atoms with van der Waals surface area (Å²) in [5.74, 6) is 0. The van der Waals surface area contributed by atoms with E-state index in [9.17, 15) is 52.7 Å². The molecule has 1 heterocycles. The lowest BCUT2D eigenvalue weighted by atomic mass is 9.88. The van der Waals surface area contributed by atoms with E-state index < -0.39 is 66.2 Å². The van der Waals surface area contributed by atoms with Crippen LogP contribution in [-0.4, -0.2) is 8.07 Å². The predicted octanol–water partition coefficient (Wildman–Crippen LogP) is 12.6. The Kier molecular flexibility index (Phi) is 9.88. The van der Waals surface area contributed by atoms with Crippen LogP contribution in [0.15, 0.2) is 158 Å². The second-order valence-corrected chi connectivity index (χ2v) is 17.0. The largest absolute Gasteiger partial charge is 0.416 e. The second-order valence-electron chi connectivity index (χ2n) is 13.3. The first-order valence-electron chi connectivity index (χ1n) is 17.1. The van der Waals surface area contributed by atoms with E-state index in [0.29, 0.717) is 24.3 Å². The maximum Gasteiger partial charge on any atom is 0.416 e. The van der Waals surface area contributed by atoms with Gasteiger partial charge in [-0.2, -0.15) is 52.7 Å². The van der Waals surface area contributed by atoms with E-state index in [1.807, 2.05) is 0 Å². The lowest BCUT2D eigenvalue weighted by Crippen LogP contribution is -2.59. The van der Waals surface area contributed by atoms with Crippen LogP contribution in [0.2, 0.25) is 0 Å². The maximum atomic E-state index is 14.7. The first kappa shape index (κ1) is 39.4. The topological polar surface area (TPSA) is 0 Å². The third-order valence-electron chi connectivity index (χ3n) is 9.79. The van der Waals surface area contributed by atoms with Gasteiger partial charge >= 0.3 is 24.7 Å². The van der Waals surface area contributed by atoms with Crippen molar-refractivity contribution in [3.63, 3.8) is 0 Å². The highest BCUT2D eigenvalue weighted by Crippen LogP contribution is 2.57. The van der Waals surface area contributed by atoms with Crippen LogP contribution >= 0.6 is 0 Å². The number of benzene rings is 6. The highest BCUT2D eigenvalue weighted by molar-refractivity contribution is 7.29. The quantitative estimate of drug-likeness (QED) is 0.116. The molecule has 0 saturated heterocycles. The molecule has 0 bridgehead atoms. The number of alkyl halides is 12. The van der Waals surface area contributed by atoms with Crippen LogP contribution in [0, 0.1) is 0 Å². The number of allylic oxidation sites excluding steroid dienone is 2. The van der Waals surface area contributed by atoms with Crippen LogP contribution < -0.4 is 10.4 Å². The fourth-order valence-electron chi connectivity index (χ4n) is 7.58. The molecule has 1 aliphatic heterocycles. The minimum atomic E-state index is -5.30. The normalized spacial score (nSPS) is 15.0. The molecule has 0 fully saturated rings. The standard InChI is InChI=1S/C44H26F12Si/c45-41(46,47)31-21-29(22-32(25-31)42(48,49)50)39-37(27-13-5-1-6-14-27)38(28-15-7-2-8-16-28)40(30-23-33(43(51,52)53)26-34(24-30)44(54,55)56)57(39,35-17-9-3-10-18-35)36-19-11-4-12-20-36/h1-26H. The summed E-state index contributed by atoms with van der Waals surface area (Å²) in [7, 11) is -4.66. The minimum absolute atomic E-state index is 0.0235. The van der Waals surface area contributed by atoms with E-state index in [4.69, 9.17) is 0 Å². The fourth-order valence-corrected chi connectivity index (χ4v) is 13.1. The van der Waals surface area contributed by atoms with E-state index in [1.54, 1.807) is 121 Å². The Bertz CT molecular complexity index is 2240. The van der Waals surface area contributed by atoms with Gasteiger partial charge < -0.3 is 0 Å². The summed E-state index contributed by atoms with van der Waals surface area (Å²) in [4.78, 5) is 0. The summed E-state index contributed by atoms with van der Waals surface area (Å²) in [6.07, 6.45) is -21.2. The molecule has 0 spiro atoms. The smallest absolute Gasteiger partial charge is 0.166 e. The Morgan fingerprint density at radius 1 is 0.281 bits per heavy atom. The van der Waals surface area contributed by atoms with Crippen molar-refractivity contribution >= 4 is 40.0 Å². The molecule has 0 aliphatic carbocycles. The maximum absolute atomic E-state index is 14.7. The summed E-state index contributed by atoms with van der Waals surface area (Å²) in [5, 5.41) is 0.361. The Morgan fingerprint density at radius 3 is 0.772 bits per heavy atom. The van der Waals surface area contributed by atoms with Crippen LogP contribution in [-0.2, 0) is 24.7 Å². The fraction of sp³-hybridized carbons (Fsp3) is 0.0909. The lowest BCUT2D eigenvalue weighted by Gasteiger charge is -2.36. The van der Waals surface area contributed by atoms with Crippen molar-refractivity contribution in [2.75, 3.05) is 0 Å². The zero-order valence-corrected chi connectivity index (χ0v) is 30.0. The van der Waals surface area contributed by atoms with Gasteiger partial charge in [0, 0.05) is 0 Å². The number of hydrogen-bond acceptors (Lipinski definition) is 0. The van der Waals surface area contributed by atoms with E-state index in [0.717, 1.165) is 0 Å². The first-order valence-corrected chi connectivity index (χ1v) is 19.1. The van der Waals surface area contributed by atoms with Crippen molar-refractivity contribution in [1.29, 1.82) is 0 Å². The zero-order chi connectivity index (χ0) is 41.0. The molecule has 0 nitrogen and oxygen atoms in total. The summed E-state index contributed by atoms with van der Waals surface area (Å²) < 4.78 is 176. The SMILES string of the molecule is FC(F)(F)c1cc(C2=C(c3ccccc3)C(c3ccccc3)=C(c3cc(C(F)(F)F)cc(C(F)(F)F)c3)[Si]2(c2ccccc2)c2ccccc2)cc(C(F)(F)F)c1. The van der Waals surface area contributed by atoms with E-state index in [-0.39, 0.29) is 55.2 Å². The van der Waals surface area contributed by atoms with Crippen LogP contribution in [0.3, 0.4) is 0 Å². The molecule has 0 radical (unpaired) electrons. The van der Waals surface area contributed by atoms with E-state index in [2.05, 4.69) is 0 Å². The van der Waals surface area contributed by atoms with Gasteiger partial charge in [-0.05, 0) is 90.6 Å². The van der Waals surface area contributed by atoms with Crippen LogP contribution in [0.25, 0.3) is 21.5 Å². The van der Waals surface area contributed by atoms with Gasteiger partial charge in [0.05, 0.1) is 22.3 Å². The van der Waals surface area contributed by atoms with Gasteiger partial charge in [0.2, 0.25) is 0 Å². The van der Waals surface area contributed by atoms with Gasteiger partial charge in [0.1, 0.15) is 0 Å². The van der Waals surface area contributed by atoms with E-state index >= 15 is 0 Å². The van der Waals surface area contributed by atoms with Gasteiger partial charge in [-0.15, -0.1) is 0 Å². The minimum Gasteiger partial charge on any atom is -0.166 e. The molecule has 0 saturated carbocycles. The van der Waals surface area contributed by atoms with Crippen LogP contribution in [0.4, 0.5) is 52.7 Å². The van der Waals surface area contributed by atoms with Crippen molar-refractivity contribution in [2.24, 2.45) is 0 Å². The first-order chi connectivity index (χ1) is 26.8. The van der Waals surface area contributed by atoms with Gasteiger partial charge in [0.15, 0.2) is 8.07 Å². The molecule has 290 valence electrons. The third-order valence-corrected chi connectivity index (χ3v) is 14.8. The number of hydrogen-bond donors (Lipinski definition) is 0. The molecular weight excluding hydrogens is 785 g/mol. The molecule has 0 aromatic heterocycles. The van der Waals surface area contributed by atoms with Crippen LogP contribution in [0.1, 0.15) is 44.5 Å². The summed E-state index contributed by atoms with van der Waals surface area (Å²) in [6.45, 7) is 0. The predicted molar refractivity (Wildman–Crippen MR) is 197 cm³/mol. The molecule has 13 heteroatoms. The Balaban J connectivity index is 1.83. The Hall–Kier alpha value is -5.82. The van der Waals surface area contributed by atoms with Gasteiger partial charge in [-0.25, -0.2) is 0 Å². The van der Waals surface area contributed by atoms with Crippen molar-refractivity contribution in [3.8, 4) is 0 Å². The molecule has 0 N–H and O–H groups in total. The van der Waals surface area contributed by atoms with Gasteiger partial charge in [-0.3, -0.25) is 0 Å². The van der Waals surface area contributed by atoms with Crippen molar-refractivity contribution in [1.82, 2.24) is 0 Å². The highest BCUT2D eigenvalue weighted by atomic mass is 28.3. The molecule has 0 amide bonds. The molecule has 6 aromatic carbocycles. The summed E-state index contributed by atoms with van der Waals surface area (Å²) in [6, 6.07) is 33.4. The van der Waals surface area contributed by atoms with Gasteiger partial charge in [0.25, 0.3) is 0 Å². The van der Waals surface area contributed by atoms with E-state index in [1.165, 1.54) is 0 Å². The number of rotatable bonds is 6. The third kappa shape index (κ3) is 7.32. The van der Waals surface area contributed by atoms with Crippen LogP contribution in [0.5, 0.6) is 0 Å². The Labute approximate surface area is 319 Å². The second kappa shape index (κ2) is 14.3. The van der Waals surface area contributed by atoms with Crippen molar-refractivity contribution in [2.45, 2.75) is 24.7 Å². The molecule has 0 unspecified atom stereocenters. The van der Waals surface area contributed by atoms with Crippen molar-refractivity contribution < 1.29 is 52.7 Å². The highest BCUT2D eigenvalue weighted by Gasteiger charge is 2.54. The lowest BCUT2D eigenvalue weighted by molar-refractivity contribution is -0.144. The molecule has 6 aromatic rings. The monoisotopic (exact) mass is 810 g/mol. The zero-order valence-electron chi connectivity index (χ0n) is 29.0. The molecular formula is C44H26F12Si. The van der Waals surface area contributed by atoms with Crippen molar-refractivity contribution in [3.05, 3.63) is 202 Å². The average Bonchev–Trinajstić information content (AvgIpc) is 3.50. The Morgan fingerprint density at radius 2 is 0.526 bits per heavy atom. The molecule has 0 atom stereocenters.